The summed E-state index contributed by atoms with van der Waals surface area (Å²) in [5.41, 5.74) is 2.38. The molecule has 2 heteroatoms. The Morgan fingerprint density at radius 2 is 2.00 bits per heavy atom. The van der Waals surface area contributed by atoms with Gasteiger partial charge in [0.25, 0.3) is 0 Å². The standard InChI is InChI=1S/C15H21NO/c1-13-6-5-7-14(10-13)11-15(17)12-16-8-3-2-4-9-16/h5-7,10H,2-4,8-9,11-12H2,1H3. The Morgan fingerprint density at radius 1 is 1.24 bits per heavy atom. The van der Waals surface area contributed by atoms with Gasteiger partial charge in [-0.25, -0.2) is 0 Å². The molecule has 0 aromatic heterocycles. The molecule has 0 atom stereocenters. The fraction of sp³-hybridized carbons (Fsp3) is 0.533. The van der Waals surface area contributed by atoms with Gasteiger partial charge in [-0.15, -0.1) is 0 Å². The first-order valence-corrected chi connectivity index (χ1v) is 6.53. The van der Waals surface area contributed by atoms with E-state index < -0.39 is 0 Å². The van der Waals surface area contributed by atoms with E-state index in [-0.39, 0.29) is 0 Å². The van der Waals surface area contributed by atoms with Crippen molar-refractivity contribution in [2.24, 2.45) is 0 Å². The number of likely N-dealkylation sites (tertiary alicyclic amines) is 1. The van der Waals surface area contributed by atoms with Crippen molar-refractivity contribution in [3.8, 4) is 0 Å². The number of nitrogens with zero attached hydrogens (tertiary/aromatic N) is 1. The molecule has 1 aliphatic heterocycles. The second kappa shape index (κ2) is 5.97. The fourth-order valence-electron chi connectivity index (χ4n) is 2.47. The van der Waals surface area contributed by atoms with E-state index in [2.05, 4.69) is 24.0 Å². The quantitative estimate of drug-likeness (QED) is 0.794. The highest BCUT2D eigenvalue weighted by molar-refractivity contribution is 5.82. The van der Waals surface area contributed by atoms with Gasteiger partial charge in [0, 0.05) is 6.42 Å². The third kappa shape index (κ3) is 3.97. The minimum atomic E-state index is 0.345. The monoisotopic (exact) mass is 231 g/mol. The third-order valence-electron chi connectivity index (χ3n) is 3.33. The molecule has 17 heavy (non-hydrogen) atoms. The molecule has 0 bridgehead atoms. The number of carbonyl (C=O) groups is 1. The number of hydrogen-bond acceptors (Lipinski definition) is 2. The minimum absolute atomic E-state index is 0.345. The van der Waals surface area contributed by atoms with Gasteiger partial charge in [-0.05, 0) is 38.4 Å². The molecule has 2 nitrogen and oxygen atoms in total. The van der Waals surface area contributed by atoms with Gasteiger partial charge in [0.05, 0.1) is 6.54 Å². The van der Waals surface area contributed by atoms with Crippen LogP contribution in [0.4, 0.5) is 0 Å². The average molecular weight is 231 g/mol. The number of benzene rings is 1. The van der Waals surface area contributed by atoms with E-state index in [1.165, 1.54) is 24.8 Å². The molecule has 0 radical (unpaired) electrons. The number of piperidine rings is 1. The average Bonchev–Trinajstić information content (AvgIpc) is 2.30. The molecule has 1 fully saturated rings. The van der Waals surface area contributed by atoms with Gasteiger partial charge in [0.2, 0.25) is 0 Å². The van der Waals surface area contributed by atoms with Crippen LogP contribution in [0.25, 0.3) is 0 Å². The first kappa shape index (κ1) is 12.3. The molecule has 0 N–H and O–H groups in total. The number of carbonyl (C=O) groups excluding carboxylic acids is 1. The summed E-state index contributed by atoms with van der Waals surface area (Å²) in [7, 11) is 0. The van der Waals surface area contributed by atoms with E-state index in [0.717, 1.165) is 18.7 Å². The molecule has 0 amide bonds. The van der Waals surface area contributed by atoms with E-state index >= 15 is 0 Å². The number of Topliss-reactive ketones (excluding diaryl/α,β-unsaturated/α-hetero) is 1. The first-order chi connectivity index (χ1) is 8.24. The lowest BCUT2D eigenvalue weighted by Gasteiger charge is -2.25. The van der Waals surface area contributed by atoms with Crippen LogP contribution in [0, 0.1) is 6.92 Å². The second-order valence-corrected chi connectivity index (χ2v) is 5.04. The predicted molar refractivity (Wildman–Crippen MR) is 70.2 cm³/mol. The van der Waals surface area contributed by atoms with Crippen molar-refractivity contribution in [1.29, 1.82) is 0 Å². The molecule has 1 aromatic carbocycles. The van der Waals surface area contributed by atoms with Gasteiger partial charge in [-0.3, -0.25) is 9.69 Å². The largest absolute Gasteiger partial charge is 0.298 e. The van der Waals surface area contributed by atoms with Crippen LogP contribution in [-0.4, -0.2) is 30.3 Å². The van der Waals surface area contributed by atoms with Crippen LogP contribution in [0.5, 0.6) is 0 Å². The lowest BCUT2D eigenvalue weighted by Crippen LogP contribution is -2.35. The highest BCUT2D eigenvalue weighted by atomic mass is 16.1. The zero-order valence-electron chi connectivity index (χ0n) is 10.6. The minimum Gasteiger partial charge on any atom is -0.298 e. The van der Waals surface area contributed by atoms with Crippen LogP contribution < -0.4 is 0 Å². The first-order valence-electron chi connectivity index (χ1n) is 6.53. The summed E-state index contributed by atoms with van der Waals surface area (Å²) in [6.45, 7) is 4.89. The molecular weight excluding hydrogens is 210 g/mol. The molecule has 0 spiro atoms. The number of ketones is 1. The van der Waals surface area contributed by atoms with Crippen LogP contribution in [0.1, 0.15) is 30.4 Å². The molecule has 0 saturated carbocycles. The number of hydrogen-bond donors (Lipinski definition) is 0. The summed E-state index contributed by atoms with van der Waals surface area (Å²) in [5.74, 6) is 0.345. The van der Waals surface area contributed by atoms with E-state index in [0.29, 0.717) is 18.7 Å². The Kier molecular flexibility index (Phi) is 4.32. The topological polar surface area (TPSA) is 20.3 Å². The highest BCUT2D eigenvalue weighted by Gasteiger charge is 2.13. The van der Waals surface area contributed by atoms with Gasteiger partial charge >= 0.3 is 0 Å². The molecule has 1 aromatic rings. The van der Waals surface area contributed by atoms with Crippen molar-refractivity contribution in [2.75, 3.05) is 19.6 Å². The summed E-state index contributed by atoms with van der Waals surface area (Å²) >= 11 is 0. The molecule has 0 aliphatic carbocycles. The molecular formula is C15H21NO. The van der Waals surface area contributed by atoms with Crippen LogP contribution >= 0.6 is 0 Å². The van der Waals surface area contributed by atoms with Crippen molar-refractivity contribution in [2.45, 2.75) is 32.6 Å². The van der Waals surface area contributed by atoms with E-state index in [4.69, 9.17) is 0 Å². The maximum Gasteiger partial charge on any atom is 0.151 e. The molecule has 2 rings (SSSR count). The van der Waals surface area contributed by atoms with E-state index in [1.807, 2.05) is 12.1 Å². The van der Waals surface area contributed by atoms with Gasteiger partial charge in [-0.2, -0.15) is 0 Å². The zero-order valence-corrected chi connectivity index (χ0v) is 10.6. The molecule has 1 saturated heterocycles. The normalized spacial score (nSPS) is 17.0. The maximum atomic E-state index is 12.0. The van der Waals surface area contributed by atoms with Crippen molar-refractivity contribution < 1.29 is 4.79 Å². The predicted octanol–water partition coefficient (Wildman–Crippen LogP) is 2.59. The summed E-state index contributed by atoms with van der Waals surface area (Å²) in [6, 6.07) is 8.24. The Balaban J connectivity index is 1.84. The van der Waals surface area contributed by atoms with Crippen molar-refractivity contribution in [1.82, 2.24) is 4.90 Å². The van der Waals surface area contributed by atoms with Crippen LogP contribution in [-0.2, 0) is 11.2 Å². The van der Waals surface area contributed by atoms with Crippen LogP contribution in [0.3, 0.4) is 0 Å². The molecule has 1 heterocycles. The SMILES string of the molecule is Cc1cccc(CC(=O)CN2CCCCC2)c1. The van der Waals surface area contributed by atoms with Gasteiger partial charge in [-0.1, -0.05) is 36.2 Å². The van der Waals surface area contributed by atoms with Gasteiger partial charge < -0.3 is 0 Å². The Labute approximate surface area is 104 Å². The lowest BCUT2D eigenvalue weighted by atomic mass is 10.1. The van der Waals surface area contributed by atoms with Gasteiger partial charge in [0.15, 0.2) is 5.78 Å². The van der Waals surface area contributed by atoms with E-state index in [9.17, 15) is 4.79 Å². The molecule has 92 valence electrons. The lowest BCUT2D eigenvalue weighted by molar-refractivity contribution is -0.119. The zero-order chi connectivity index (χ0) is 12.1. The van der Waals surface area contributed by atoms with E-state index in [1.54, 1.807) is 0 Å². The number of rotatable bonds is 4. The third-order valence-corrected chi connectivity index (χ3v) is 3.33. The smallest absolute Gasteiger partial charge is 0.151 e. The second-order valence-electron chi connectivity index (χ2n) is 5.04. The van der Waals surface area contributed by atoms with Crippen LogP contribution in [0.15, 0.2) is 24.3 Å². The molecule has 0 unspecified atom stereocenters. The fourth-order valence-corrected chi connectivity index (χ4v) is 2.47. The van der Waals surface area contributed by atoms with Crippen molar-refractivity contribution >= 4 is 5.78 Å². The summed E-state index contributed by atoms with van der Waals surface area (Å²) in [4.78, 5) is 14.2. The summed E-state index contributed by atoms with van der Waals surface area (Å²) in [6.07, 6.45) is 4.40. The maximum absolute atomic E-state index is 12.0. The summed E-state index contributed by atoms with van der Waals surface area (Å²) < 4.78 is 0. The van der Waals surface area contributed by atoms with Crippen LogP contribution in [0.2, 0.25) is 0 Å². The Morgan fingerprint density at radius 3 is 2.71 bits per heavy atom. The highest BCUT2D eigenvalue weighted by Crippen LogP contribution is 2.10. The summed E-state index contributed by atoms with van der Waals surface area (Å²) in [5, 5.41) is 0. The Hall–Kier alpha value is -1.15. The number of aryl methyl sites for hydroxylation is 1. The Bertz CT molecular complexity index is 380. The van der Waals surface area contributed by atoms with Gasteiger partial charge in [0.1, 0.15) is 0 Å². The molecule has 1 aliphatic rings. The van der Waals surface area contributed by atoms with Crippen molar-refractivity contribution in [3.05, 3.63) is 35.4 Å². The van der Waals surface area contributed by atoms with Crippen molar-refractivity contribution in [3.63, 3.8) is 0 Å².